The highest BCUT2D eigenvalue weighted by Gasteiger charge is 2.28. The van der Waals surface area contributed by atoms with Crippen molar-refractivity contribution >= 4 is 27.5 Å². The van der Waals surface area contributed by atoms with Crippen molar-refractivity contribution < 1.29 is 4.74 Å². The maximum Gasteiger partial charge on any atom is 0.238 e. The Morgan fingerprint density at radius 2 is 2.06 bits per heavy atom. The Kier molecular flexibility index (Phi) is 5.27. The van der Waals surface area contributed by atoms with Gasteiger partial charge in [-0.05, 0) is 55.7 Å². The van der Waals surface area contributed by atoms with Crippen molar-refractivity contribution in [2.24, 2.45) is 0 Å². The Labute approximate surface area is 193 Å². The summed E-state index contributed by atoms with van der Waals surface area (Å²) in [5, 5.41) is 5.49. The second-order valence-electron chi connectivity index (χ2n) is 7.52. The Bertz CT molecular complexity index is 1270. The summed E-state index contributed by atoms with van der Waals surface area (Å²) in [6.07, 6.45) is 5.66. The van der Waals surface area contributed by atoms with Crippen LogP contribution in [0.3, 0.4) is 0 Å². The number of pyridine rings is 1. The molecule has 5 rings (SSSR count). The molecule has 0 spiro atoms. The number of halogens is 2. The zero-order chi connectivity index (χ0) is 21.5. The number of benzene rings is 1. The van der Waals surface area contributed by atoms with E-state index in [0.717, 1.165) is 51.7 Å². The van der Waals surface area contributed by atoms with Crippen LogP contribution in [0.1, 0.15) is 35.8 Å². The smallest absolute Gasteiger partial charge is 0.238 e. The number of nitrogens with zero attached hydrogens (tertiary/aromatic N) is 6. The van der Waals surface area contributed by atoms with Gasteiger partial charge in [0.2, 0.25) is 5.88 Å². The van der Waals surface area contributed by atoms with Crippen LogP contribution in [0.15, 0.2) is 47.3 Å². The number of hydrogen-bond donors (Lipinski definition) is 0. The highest BCUT2D eigenvalue weighted by atomic mass is 79.9. The quantitative estimate of drug-likeness (QED) is 0.387. The van der Waals surface area contributed by atoms with E-state index >= 15 is 0 Å². The van der Waals surface area contributed by atoms with Gasteiger partial charge in [0, 0.05) is 28.2 Å². The number of aryl methyl sites for hydroxylation is 2. The fraction of sp³-hybridized carbons (Fsp3) is 0.273. The summed E-state index contributed by atoms with van der Waals surface area (Å²) < 4.78 is 10.4. The molecule has 1 atom stereocenters. The normalized spacial score (nSPS) is 15.7. The van der Waals surface area contributed by atoms with Gasteiger partial charge in [0.05, 0.1) is 19.1 Å². The monoisotopic (exact) mass is 498 g/mol. The van der Waals surface area contributed by atoms with Gasteiger partial charge in [0.1, 0.15) is 17.2 Å². The lowest BCUT2D eigenvalue weighted by Crippen LogP contribution is -2.18. The van der Waals surface area contributed by atoms with Crippen molar-refractivity contribution in [1.82, 2.24) is 29.3 Å². The Hall–Kier alpha value is -2.71. The highest BCUT2D eigenvalue weighted by Crippen LogP contribution is 2.38. The molecule has 1 aliphatic rings. The second-order valence-corrected chi connectivity index (χ2v) is 8.85. The van der Waals surface area contributed by atoms with E-state index in [2.05, 4.69) is 32.0 Å². The molecule has 0 amide bonds. The summed E-state index contributed by atoms with van der Waals surface area (Å²) in [6.45, 7) is 2.77. The van der Waals surface area contributed by atoms with Gasteiger partial charge in [0.15, 0.2) is 5.82 Å². The van der Waals surface area contributed by atoms with Crippen LogP contribution in [0.25, 0.3) is 17.2 Å². The molecule has 3 aromatic heterocycles. The van der Waals surface area contributed by atoms with Gasteiger partial charge in [-0.3, -0.25) is 0 Å². The SMILES string of the molecule is COc1nc(-c2nc3n(n2)CCCC3c2cc(Br)ccc2Cl)ccc1-n1cnc(C)c1. The van der Waals surface area contributed by atoms with Gasteiger partial charge in [-0.2, -0.15) is 0 Å². The Balaban J connectivity index is 1.54. The van der Waals surface area contributed by atoms with Crippen molar-refractivity contribution in [3.63, 3.8) is 0 Å². The predicted molar refractivity (Wildman–Crippen MR) is 122 cm³/mol. The largest absolute Gasteiger partial charge is 0.479 e. The lowest BCUT2D eigenvalue weighted by molar-refractivity contribution is 0.396. The van der Waals surface area contributed by atoms with E-state index in [9.17, 15) is 0 Å². The summed E-state index contributed by atoms with van der Waals surface area (Å²) in [5.41, 5.74) is 3.46. The summed E-state index contributed by atoms with van der Waals surface area (Å²) in [4.78, 5) is 13.8. The predicted octanol–water partition coefficient (Wildman–Crippen LogP) is 5.18. The van der Waals surface area contributed by atoms with Crippen molar-refractivity contribution in [2.45, 2.75) is 32.2 Å². The zero-order valence-corrected chi connectivity index (χ0v) is 19.4. The van der Waals surface area contributed by atoms with Crippen molar-refractivity contribution in [3.8, 4) is 23.1 Å². The third-order valence-corrected chi connectivity index (χ3v) is 6.30. The average Bonchev–Trinajstić information content (AvgIpc) is 3.41. The fourth-order valence-corrected chi connectivity index (χ4v) is 4.62. The van der Waals surface area contributed by atoms with E-state index in [1.165, 1.54) is 0 Å². The van der Waals surface area contributed by atoms with Crippen LogP contribution in [0.4, 0.5) is 0 Å². The minimum atomic E-state index is 0.0927. The molecule has 9 heteroatoms. The van der Waals surface area contributed by atoms with E-state index in [4.69, 9.17) is 26.4 Å². The lowest BCUT2D eigenvalue weighted by Gasteiger charge is -2.23. The molecule has 4 heterocycles. The van der Waals surface area contributed by atoms with E-state index in [1.807, 2.05) is 46.6 Å². The molecule has 0 saturated heterocycles. The molecular weight excluding hydrogens is 480 g/mol. The summed E-state index contributed by atoms with van der Waals surface area (Å²) >= 11 is 10.1. The number of aromatic nitrogens is 6. The van der Waals surface area contributed by atoms with Gasteiger partial charge in [-0.25, -0.2) is 19.6 Å². The average molecular weight is 500 g/mol. The third kappa shape index (κ3) is 3.74. The minimum Gasteiger partial charge on any atom is -0.479 e. The Morgan fingerprint density at radius 1 is 1.19 bits per heavy atom. The molecule has 31 heavy (non-hydrogen) atoms. The molecule has 1 aromatic carbocycles. The number of rotatable bonds is 4. The van der Waals surface area contributed by atoms with Crippen molar-refractivity contribution in [1.29, 1.82) is 0 Å². The standard InChI is InChI=1S/C22H20BrClN6O/c1-13-11-29(12-25-13)19-8-7-18(26-22(19)31-2)20-27-21-15(4-3-9-30(21)28-20)16-10-14(23)5-6-17(16)24/h5-8,10-12,15H,3-4,9H2,1-2H3. The molecule has 0 N–H and O–H groups in total. The van der Waals surface area contributed by atoms with Crippen molar-refractivity contribution in [2.75, 3.05) is 7.11 Å². The number of ether oxygens (including phenoxy) is 1. The zero-order valence-electron chi connectivity index (χ0n) is 17.1. The molecule has 4 aromatic rings. The van der Waals surface area contributed by atoms with E-state index in [-0.39, 0.29) is 5.92 Å². The molecule has 0 aliphatic carbocycles. The molecule has 1 unspecified atom stereocenters. The first kappa shape index (κ1) is 20.2. The number of imidazole rings is 1. The molecule has 0 saturated carbocycles. The molecule has 0 bridgehead atoms. The van der Waals surface area contributed by atoms with E-state index in [1.54, 1.807) is 13.4 Å². The summed E-state index contributed by atoms with van der Waals surface area (Å²) in [5.74, 6) is 2.08. The van der Waals surface area contributed by atoms with Gasteiger partial charge >= 0.3 is 0 Å². The number of fused-ring (bicyclic) bond motifs is 1. The summed E-state index contributed by atoms with van der Waals surface area (Å²) in [6, 6.07) is 9.80. The molecule has 1 aliphatic heterocycles. The van der Waals surface area contributed by atoms with E-state index in [0.29, 0.717) is 17.4 Å². The molecule has 158 valence electrons. The summed E-state index contributed by atoms with van der Waals surface area (Å²) in [7, 11) is 1.61. The number of hydrogen-bond acceptors (Lipinski definition) is 5. The van der Waals surface area contributed by atoms with Crippen LogP contribution in [-0.4, -0.2) is 36.4 Å². The third-order valence-electron chi connectivity index (χ3n) is 5.46. The van der Waals surface area contributed by atoms with Crippen molar-refractivity contribution in [3.05, 3.63) is 69.4 Å². The van der Waals surface area contributed by atoms with Crippen LogP contribution in [0.2, 0.25) is 5.02 Å². The maximum atomic E-state index is 6.52. The number of methoxy groups -OCH3 is 1. The van der Waals surface area contributed by atoms with Gasteiger partial charge in [-0.15, -0.1) is 5.10 Å². The van der Waals surface area contributed by atoms with Crippen LogP contribution in [0, 0.1) is 6.92 Å². The minimum absolute atomic E-state index is 0.0927. The highest BCUT2D eigenvalue weighted by molar-refractivity contribution is 9.10. The maximum absolute atomic E-state index is 6.52. The van der Waals surface area contributed by atoms with Gasteiger partial charge < -0.3 is 9.30 Å². The molecular formula is C22H20BrClN6O. The first-order valence-electron chi connectivity index (χ1n) is 9.99. The van der Waals surface area contributed by atoms with Gasteiger partial charge in [-0.1, -0.05) is 27.5 Å². The van der Waals surface area contributed by atoms with Crippen LogP contribution in [0.5, 0.6) is 5.88 Å². The molecule has 0 radical (unpaired) electrons. The van der Waals surface area contributed by atoms with Crippen LogP contribution in [-0.2, 0) is 6.54 Å². The second kappa shape index (κ2) is 8.09. The van der Waals surface area contributed by atoms with Crippen LogP contribution >= 0.6 is 27.5 Å². The van der Waals surface area contributed by atoms with Crippen LogP contribution < -0.4 is 4.74 Å². The van der Waals surface area contributed by atoms with Gasteiger partial charge in [0.25, 0.3) is 0 Å². The fourth-order valence-electron chi connectivity index (χ4n) is 3.99. The first-order valence-corrected chi connectivity index (χ1v) is 11.2. The molecule has 7 nitrogen and oxygen atoms in total. The van der Waals surface area contributed by atoms with E-state index < -0.39 is 0 Å². The topological polar surface area (TPSA) is 70.7 Å². The Morgan fingerprint density at radius 3 is 2.84 bits per heavy atom. The first-order chi connectivity index (χ1) is 15.0. The lowest BCUT2D eigenvalue weighted by atomic mass is 9.91. The molecule has 0 fully saturated rings.